The zero-order valence-electron chi connectivity index (χ0n) is 15.9. The number of nitrogens with zero attached hydrogens (tertiary/aromatic N) is 1. The topological polar surface area (TPSA) is 78.5 Å². The second kappa shape index (κ2) is 9.02. The molecule has 1 saturated carbocycles. The molecule has 0 radical (unpaired) electrons. The fourth-order valence-electron chi connectivity index (χ4n) is 3.95. The number of benzene rings is 1. The predicted octanol–water partition coefficient (Wildman–Crippen LogP) is 2.62. The SMILES string of the molecule is C[C@H]1CCCC[C@@H]1NC(=O)CC[C@@H]1NC(=O)N(CCc2ccccc2)C1=O. The van der Waals surface area contributed by atoms with Crippen molar-refractivity contribution in [2.24, 2.45) is 5.92 Å². The molecule has 1 saturated heterocycles. The number of hydrogen-bond donors (Lipinski definition) is 2. The molecule has 1 aliphatic carbocycles. The Morgan fingerprint density at radius 1 is 1.19 bits per heavy atom. The Bertz CT molecular complexity index is 677. The van der Waals surface area contributed by atoms with Gasteiger partial charge in [0.2, 0.25) is 5.91 Å². The molecule has 6 nitrogen and oxygen atoms in total. The minimum absolute atomic E-state index is 0.0291. The molecule has 0 bridgehead atoms. The summed E-state index contributed by atoms with van der Waals surface area (Å²) >= 11 is 0. The summed E-state index contributed by atoms with van der Waals surface area (Å²) in [6.07, 6.45) is 5.80. The Hall–Kier alpha value is -2.37. The number of amides is 4. The Labute approximate surface area is 160 Å². The lowest BCUT2D eigenvalue weighted by Crippen LogP contribution is -2.41. The van der Waals surface area contributed by atoms with E-state index in [0.717, 1.165) is 24.8 Å². The van der Waals surface area contributed by atoms with Gasteiger partial charge >= 0.3 is 6.03 Å². The van der Waals surface area contributed by atoms with Crippen molar-refractivity contribution in [3.8, 4) is 0 Å². The molecular formula is C21H29N3O3. The normalized spacial score (nSPS) is 25.4. The summed E-state index contributed by atoms with van der Waals surface area (Å²) in [5, 5.41) is 5.82. The van der Waals surface area contributed by atoms with E-state index < -0.39 is 6.04 Å². The van der Waals surface area contributed by atoms with Gasteiger partial charge in [-0.25, -0.2) is 4.79 Å². The number of imide groups is 1. The van der Waals surface area contributed by atoms with E-state index in [1.165, 1.54) is 11.3 Å². The van der Waals surface area contributed by atoms with E-state index in [-0.39, 0.29) is 30.3 Å². The average molecular weight is 371 g/mol. The zero-order valence-corrected chi connectivity index (χ0v) is 15.9. The van der Waals surface area contributed by atoms with Crippen molar-refractivity contribution >= 4 is 17.8 Å². The van der Waals surface area contributed by atoms with Crippen LogP contribution in [0.1, 0.15) is 51.0 Å². The van der Waals surface area contributed by atoms with Crippen LogP contribution >= 0.6 is 0 Å². The van der Waals surface area contributed by atoms with Crippen LogP contribution in [0.2, 0.25) is 0 Å². The summed E-state index contributed by atoms with van der Waals surface area (Å²) in [7, 11) is 0. The van der Waals surface area contributed by atoms with Gasteiger partial charge in [-0.3, -0.25) is 14.5 Å². The molecule has 1 aromatic rings. The van der Waals surface area contributed by atoms with E-state index in [1.54, 1.807) is 0 Å². The van der Waals surface area contributed by atoms with E-state index in [9.17, 15) is 14.4 Å². The van der Waals surface area contributed by atoms with Gasteiger partial charge in [-0.15, -0.1) is 0 Å². The van der Waals surface area contributed by atoms with Crippen molar-refractivity contribution in [1.82, 2.24) is 15.5 Å². The molecule has 27 heavy (non-hydrogen) atoms. The van der Waals surface area contributed by atoms with Gasteiger partial charge in [0.05, 0.1) is 0 Å². The first-order valence-corrected chi connectivity index (χ1v) is 10.00. The maximum absolute atomic E-state index is 12.5. The van der Waals surface area contributed by atoms with E-state index in [2.05, 4.69) is 17.6 Å². The van der Waals surface area contributed by atoms with Gasteiger partial charge in [0.1, 0.15) is 6.04 Å². The molecule has 2 N–H and O–H groups in total. The van der Waals surface area contributed by atoms with Crippen molar-refractivity contribution < 1.29 is 14.4 Å². The Morgan fingerprint density at radius 2 is 1.93 bits per heavy atom. The van der Waals surface area contributed by atoms with Crippen LogP contribution in [0.15, 0.2) is 30.3 Å². The number of hydrogen-bond acceptors (Lipinski definition) is 3. The maximum atomic E-state index is 12.5. The minimum Gasteiger partial charge on any atom is -0.353 e. The first kappa shape index (κ1) is 19.4. The van der Waals surface area contributed by atoms with Crippen LogP contribution in [-0.2, 0) is 16.0 Å². The number of rotatable bonds is 7. The summed E-state index contributed by atoms with van der Waals surface area (Å²) in [5.41, 5.74) is 1.09. The molecule has 1 aromatic carbocycles. The fraction of sp³-hybridized carbons (Fsp3) is 0.571. The fourth-order valence-corrected chi connectivity index (χ4v) is 3.95. The quantitative estimate of drug-likeness (QED) is 0.723. The van der Waals surface area contributed by atoms with Gasteiger partial charge in [0.25, 0.3) is 5.91 Å². The van der Waals surface area contributed by atoms with Gasteiger partial charge in [-0.1, -0.05) is 50.1 Å². The van der Waals surface area contributed by atoms with Crippen LogP contribution in [0.25, 0.3) is 0 Å². The first-order valence-electron chi connectivity index (χ1n) is 10.00. The smallest absolute Gasteiger partial charge is 0.324 e. The largest absolute Gasteiger partial charge is 0.353 e. The molecule has 2 aliphatic rings. The summed E-state index contributed by atoms with van der Waals surface area (Å²) in [6.45, 7) is 2.53. The van der Waals surface area contributed by atoms with E-state index in [1.807, 2.05) is 30.3 Å². The van der Waals surface area contributed by atoms with Crippen molar-refractivity contribution in [3.63, 3.8) is 0 Å². The average Bonchev–Trinajstić information content (AvgIpc) is 2.94. The lowest BCUT2D eigenvalue weighted by molar-refractivity contribution is -0.127. The highest BCUT2D eigenvalue weighted by molar-refractivity contribution is 6.04. The number of carbonyl (C=O) groups excluding carboxylic acids is 3. The van der Waals surface area contributed by atoms with E-state index >= 15 is 0 Å². The van der Waals surface area contributed by atoms with Crippen LogP contribution in [0.5, 0.6) is 0 Å². The van der Waals surface area contributed by atoms with Gasteiger partial charge in [0.15, 0.2) is 0 Å². The third kappa shape index (κ3) is 5.08. The summed E-state index contributed by atoms with van der Waals surface area (Å²) in [5.74, 6) is 0.247. The number of urea groups is 1. The standard InChI is InChI=1S/C21H29N3O3/c1-15-7-5-6-10-17(15)22-19(25)12-11-18-20(26)24(21(27)23-18)14-13-16-8-3-2-4-9-16/h2-4,8-9,15,17-18H,5-7,10-14H2,1H3,(H,22,25)(H,23,27)/t15-,17-,18-/m0/s1. The van der Waals surface area contributed by atoms with E-state index in [4.69, 9.17) is 0 Å². The zero-order chi connectivity index (χ0) is 19.2. The Kier molecular flexibility index (Phi) is 6.48. The molecule has 3 rings (SSSR count). The lowest BCUT2D eigenvalue weighted by atomic mass is 9.86. The molecule has 0 aromatic heterocycles. The van der Waals surface area contributed by atoms with Crippen molar-refractivity contribution in [1.29, 1.82) is 0 Å². The van der Waals surface area contributed by atoms with Gasteiger partial charge in [-0.05, 0) is 37.2 Å². The molecular weight excluding hydrogens is 342 g/mol. The lowest BCUT2D eigenvalue weighted by Gasteiger charge is -2.29. The highest BCUT2D eigenvalue weighted by atomic mass is 16.2. The third-order valence-corrected chi connectivity index (χ3v) is 5.69. The second-order valence-corrected chi connectivity index (χ2v) is 7.70. The van der Waals surface area contributed by atoms with Crippen LogP contribution in [-0.4, -0.2) is 41.4 Å². The summed E-state index contributed by atoms with van der Waals surface area (Å²) in [6, 6.07) is 9.06. The van der Waals surface area contributed by atoms with Gasteiger partial charge in [-0.2, -0.15) is 0 Å². The van der Waals surface area contributed by atoms with Crippen molar-refractivity contribution in [3.05, 3.63) is 35.9 Å². The van der Waals surface area contributed by atoms with Crippen LogP contribution < -0.4 is 10.6 Å². The molecule has 1 aliphatic heterocycles. The predicted molar refractivity (Wildman–Crippen MR) is 103 cm³/mol. The van der Waals surface area contributed by atoms with Crippen LogP contribution in [0.3, 0.4) is 0 Å². The third-order valence-electron chi connectivity index (χ3n) is 5.69. The van der Waals surface area contributed by atoms with Crippen LogP contribution in [0.4, 0.5) is 4.79 Å². The number of carbonyl (C=O) groups is 3. The monoisotopic (exact) mass is 371 g/mol. The highest BCUT2D eigenvalue weighted by Gasteiger charge is 2.37. The summed E-state index contributed by atoms with van der Waals surface area (Å²) in [4.78, 5) is 38.1. The molecule has 1 heterocycles. The summed E-state index contributed by atoms with van der Waals surface area (Å²) < 4.78 is 0. The van der Waals surface area contributed by atoms with Gasteiger partial charge in [0, 0.05) is 19.0 Å². The molecule has 6 heteroatoms. The van der Waals surface area contributed by atoms with Gasteiger partial charge < -0.3 is 10.6 Å². The molecule has 0 spiro atoms. The molecule has 2 fully saturated rings. The maximum Gasteiger partial charge on any atom is 0.324 e. The molecule has 0 unspecified atom stereocenters. The van der Waals surface area contributed by atoms with Crippen molar-refractivity contribution in [2.75, 3.05) is 6.54 Å². The minimum atomic E-state index is -0.595. The Morgan fingerprint density at radius 3 is 2.67 bits per heavy atom. The van der Waals surface area contributed by atoms with Crippen LogP contribution in [0, 0.1) is 5.92 Å². The Balaban J connectivity index is 1.44. The second-order valence-electron chi connectivity index (χ2n) is 7.70. The van der Waals surface area contributed by atoms with Crippen molar-refractivity contribution in [2.45, 2.75) is 64.0 Å². The molecule has 146 valence electrons. The number of nitrogens with one attached hydrogen (secondary N) is 2. The van der Waals surface area contributed by atoms with E-state index in [0.29, 0.717) is 25.3 Å². The molecule has 4 amide bonds. The molecule has 3 atom stereocenters. The highest BCUT2D eigenvalue weighted by Crippen LogP contribution is 2.24. The first-order chi connectivity index (χ1) is 13.0.